The number of hydrogen-bond acceptors (Lipinski definition) is 2. The summed E-state index contributed by atoms with van der Waals surface area (Å²) >= 11 is 3.35. The normalized spacial score (nSPS) is 21.4. The van der Waals surface area contributed by atoms with E-state index >= 15 is 0 Å². The summed E-state index contributed by atoms with van der Waals surface area (Å²) in [5.41, 5.74) is 0. The first-order chi connectivity index (χ1) is 8.16. The van der Waals surface area contributed by atoms with Gasteiger partial charge in [-0.15, -0.1) is 0 Å². The van der Waals surface area contributed by atoms with Crippen LogP contribution in [0.15, 0.2) is 21.2 Å². The third-order valence-electron chi connectivity index (χ3n) is 3.89. The lowest BCUT2D eigenvalue weighted by Gasteiger charge is -2.30. The molecule has 0 spiro atoms. The molecular weight excluding hydrogens is 278 g/mol. The number of nitrogens with one attached hydrogen (secondary N) is 1. The van der Waals surface area contributed by atoms with E-state index in [1.54, 1.807) is 0 Å². The van der Waals surface area contributed by atoms with Crippen LogP contribution in [-0.4, -0.2) is 6.04 Å². The molecule has 1 aliphatic carbocycles. The topological polar surface area (TPSA) is 25.2 Å². The van der Waals surface area contributed by atoms with Crippen LogP contribution in [0.3, 0.4) is 0 Å². The molecule has 0 amide bonds. The third-order valence-corrected chi connectivity index (χ3v) is 4.32. The molecular formula is C14H22BrNO. The largest absolute Gasteiger partial charge is 0.453 e. The van der Waals surface area contributed by atoms with E-state index in [9.17, 15) is 0 Å². The van der Waals surface area contributed by atoms with Gasteiger partial charge in [-0.25, -0.2) is 0 Å². The monoisotopic (exact) mass is 299 g/mol. The van der Waals surface area contributed by atoms with Gasteiger partial charge >= 0.3 is 0 Å². The number of hydrogen-bond donors (Lipinski definition) is 1. The highest BCUT2D eigenvalue weighted by Crippen LogP contribution is 2.28. The van der Waals surface area contributed by atoms with Gasteiger partial charge in [0.15, 0.2) is 4.67 Å². The van der Waals surface area contributed by atoms with Gasteiger partial charge in [0.2, 0.25) is 0 Å². The molecule has 0 aliphatic heterocycles. The second-order valence-electron chi connectivity index (χ2n) is 5.22. The van der Waals surface area contributed by atoms with Crippen molar-refractivity contribution in [3.63, 3.8) is 0 Å². The quantitative estimate of drug-likeness (QED) is 0.874. The molecule has 1 fully saturated rings. The standard InChI is InChI=1S/C14H22BrNO/c1-10(12-6-4-3-5-7-12)16-11(2)13-8-9-14(15)17-13/h8-12,16H,3-7H2,1-2H3/t10-,11?/m1/s1. The van der Waals surface area contributed by atoms with Gasteiger partial charge in [0, 0.05) is 6.04 Å². The molecule has 96 valence electrons. The molecule has 2 rings (SSSR count). The second-order valence-corrected chi connectivity index (χ2v) is 6.00. The Morgan fingerprint density at radius 1 is 1.24 bits per heavy atom. The van der Waals surface area contributed by atoms with E-state index in [1.165, 1.54) is 32.1 Å². The molecule has 1 aromatic rings. The Bertz CT molecular complexity index is 344. The Morgan fingerprint density at radius 3 is 2.53 bits per heavy atom. The summed E-state index contributed by atoms with van der Waals surface area (Å²) in [6, 6.07) is 4.86. The maximum atomic E-state index is 5.59. The van der Waals surface area contributed by atoms with Gasteiger partial charge in [0.1, 0.15) is 5.76 Å². The summed E-state index contributed by atoms with van der Waals surface area (Å²) < 4.78 is 6.40. The fourth-order valence-electron chi connectivity index (χ4n) is 2.81. The Hall–Kier alpha value is -0.280. The molecule has 0 aromatic carbocycles. The molecule has 0 bridgehead atoms. The Kier molecular flexibility index (Phi) is 4.69. The van der Waals surface area contributed by atoms with Crippen LogP contribution in [0, 0.1) is 5.92 Å². The van der Waals surface area contributed by atoms with Gasteiger partial charge in [0.25, 0.3) is 0 Å². The molecule has 0 radical (unpaired) electrons. The van der Waals surface area contributed by atoms with Crippen molar-refractivity contribution in [1.29, 1.82) is 0 Å². The third kappa shape index (κ3) is 3.59. The second kappa shape index (κ2) is 6.05. The molecule has 17 heavy (non-hydrogen) atoms. The highest BCUT2D eigenvalue weighted by molar-refractivity contribution is 9.10. The van der Waals surface area contributed by atoms with E-state index in [1.807, 2.05) is 12.1 Å². The average molecular weight is 300 g/mol. The van der Waals surface area contributed by atoms with Crippen molar-refractivity contribution in [3.8, 4) is 0 Å². The van der Waals surface area contributed by atoms with Gasteiger partial charge in [-0.2, -0.15) is 0 Å². The summed E-state index contributed by atoms with van der Waals surface area (Å²) in [7, 11) is 0. The van der Waals surface area contributed by atoms with Crippen molar-refractivity contribution in [3.05, 3.63) is 22.6 Å². The van der Waals surface area contributed by atoms with Crippen molar-refractivity contribution in [2.45, 2.75) is 58.0 Å². The average Bonchev–Trinajstić information content (AvgIpc) is 2.77. The van der Waals surface area contributed by atoms with Gasteiger partial charge in [0.05, 0.1) is 6.04 Å². The predicted octanol–water partition coefficient (Wildman–Crippen LogP) is 4.66. The highest BCUT2D eigenvalue weighted by Gasteiger charge is 2.22. The molecule has 2 atom stereocenters. The first kappa shape index (κ1) is 13.2. The van der Waals surface area contributed by atoms with Crippen LogP contribution < -0.4 is 5.32 Å². The molecule has 1 aliphatic rings. The Morgan fingerprint density at radius 2 is 1.94 bits per heavy atom. The minimum atomic E-state index is 0.290. The van der Waals surface area contributed by atoms with Crippen LogP contribution in [0.4, 0.5) is 0 Å². The van der Waals surface area contributed by atoms with E-state index in [2.05, 4.69) is 35.1 Å². The molecule has 1 N–H and O–H groups in total. The van der Waals surface area contributed by atoms with Crippen LogP contribution in [-0.2, 0) is 0 Å². The van der Waals surface area contributed by atoms with E-state index in [0.717, 1.165) is 16.3 Å². The first-order valence-corrected chi connectivity index (χ1v) is 7.47. The molecule has 1 unspecified atom stereocenters. The zero-order valence-electron chi connectivity index (χ0n) is 10.7. The van der Waals surface area contributed by atoms with Gasteiger partial charge in [-0.05, 0) is 60.7 Å². The fourth-order valence-corrected chi connectivity index (χ4v) is 3.13. The summed E-state index contributed by atoms with van der Waals surface area (Å²) in [4.78, 5) is 0. The lowest BCUT2D eigenvalue weighted by Crippen LogP contribution is -2.36. The summed E-state index contributed by atoms with van der Waals surface area (Å²) in [6.07, 6.45) is 6.98. The molecule has 3 heteroatoms. The Labute approximate surface area is 112 Å². The van der Waals surface area contributed by atoms with Crippen LogP contribution >= 0.6 is 15.9 Å². The molecule has 2 nitrogen and oxygen atoms in total. The maximum absolute atomic E-state index is 5.59. The van der Waals surface area contributed by atoms with Crippen molar-refractivity contribution in [2.24, 2.45) is 5.92 Å². The van der Waals surface area contributed by atoms with E-state index in [-0.39, 0.29) is 0 Å². The minimum absolute atomic E-state index is 0.290. The van der Waals surface area contributed by atoms with Crippen LogP contribution in [0.1, 0.15) is 57.8 Å². The van der Waals surface area contributed by atoms with Gasteiger partial charge < -0.3 is 9.73 Å². The molecule has 1 saturated carbocycles. The lowest BCUT2D eigenvalue weighted by molar-refractivity contribution is 0.259. The highest BCUT2D eigenvalue weighted by atomic mass is 79.9. The fraction of sp³-hybridized carbons (Fsp3) is 0.714. The predicted molar refractivity (Wildman–Crippen MR) is 74.0 cm³/mol. The van der Waals surface area contributed by atoms with Crippen LogP contribution in [0.25, 0.3) is 0 Å². The van der Waals surface area contributed by atoms with Crippen molar-refractivity contribution < 1.29 is 4.42 Å². The molecule has 1 heterocycles. The van der Waals surface area contributed by atoms with Crippen LogP contribution in [0.5, 0.6) is 0 Å². The molecule has 1 aromatic heterocycles. The van der Waals surface area contributed by atoms with E-state index < -0.39 is 0 Å². The zero-order valence-corrected chi connectivity index (χ0v) is 12.3. The minimum Gasteiger partial charge on any atom is -0.453 e. The zero-order chi connectivity index (χ0) is 12.3. The number of halogens is 1. The summed E-state index contributed by atoms with van der Waals surface area (Å²) in [5, 5.41) is 3.66. The Balaban J connectivity index is 1.87. The first-order valence-electron chi connectivity index (χ1n) is 6.68. The van der Waals surface area contributed by atoms with Crippen molar-refractivity contribution in [2.75, 3.05) is 0 Å². The van der Waals surface area contributed by atoms with E-state index in [4.69, 9.17) is 4.42 Å². The number of rotatable bonds is 4. The SMILES string of the molecule is CC(N[C@H](C)C1CCCCC1)c1ccc(Br)o1. The van der Waals surface area contributed by atoms with Gasteiger partial charge in [-0.3, -0.25) is 0 Å². The summed E-state index contributed by atoms with van der Waals surface area (Å²) in [5.74, 6) is 1.85. The number of furan rings is 1. The van der Waals surface area contributed by atoms with Crippen molar-refractivity contribution in [1.82, 2.24) is 5.32 Å². The van der Waals surface area contributed by atoms with Crippen molar-refractivity contribution >= 4 is 15.9 Å². The summed E-state index contributed by atoms with van der Waals surface area (Å²) in [6.45, 7) is 4.48. The lowest BCUT2D eigenvalue weighted by atomic mass is 9.84. The molecule has 0 saturated heterocycles. The maximum Gasteiger partial charge on any atom is 0.169 e. The van der Waals surface area contributed by atoms with Gasteiger partial charge in [-0.1, -0.05) is 19.3 Å². The van der Waals surface area contributed by atoms with Crippen LogP contribution in [0.2, 0.25) is 0 Å². The van der Waals surface area contributed by atoms with E-state index in [0.29, 0.717) is 12.1 Å². The smallest absolute Gasteiger partial charge is 0.169 e.